The number of hydrogen-bond acceptors (Lipinski definition) is 2. The molecule has 5 rings (SSSR count). The van der Waals surface area contributed by atoms with E-state index >= 15 is 0 Å². The van der Waals surface area contributed by atoms with Crippen molar-refractivity contribution in [1.82, 2.24) is 4.90 Å². The number of carbonyl (C=O) groups excluding carboxylic acids is 1. The second kappa shape index (κ2) is 6.57. The molecule has 4 saturated carbocycles. The lowest BCUT2D eigenvalue weighted by atomic mass is 9.44. The molecular formula is C25H41NO. The van der Waals surface area contributed by atoms with Gasteiger partial charge in [0.05, 0.1) is 0 Å². The third-order valence-electron chi connectivity index (χ3n) is 10.6. The Morgan fingerprint density at radius 1 is 0.926 bits per heavy atom. The maximum atomic E-state index is 12.6. The van der Waals surface area contributed by atoms with Crippen molar-refractivity contribution in [3.05, 3.63) is 0 Å². The zero-order valence-corrected chi connectivity index (χ0v) is 18.0. The second-order valence-electron chi connectivity index (χ2n) is 11.9. The van der Waals surface area contributed by atoms with Gasteiger partial charge >= 0.3 is 0 Å². The molecule has 0 radical (unpaired) electrons. The Kier molecular flexibility index (Phi) is 4.54. The van der Waals surface area contributed by atoms with E-state index in [0.717, 1.165) is 41.9 Å². The van der Waals surface area contributed by atoms with Gasteiger partial charge in [-0.25, -0.2) is 0 Å². The van der Waals surface area contributed by atoms with Gasteiger partial charge in [-0.2, -0.15) is 0 Å². The van der Waals surface area contributed by atoms with E-state index in [1.165, 1.54) is 77.3 Å². The van der Waals surface area contributed by atoms with Crippen molar-refractivity contribution in [1.29, 1.82) is 0 Å². The van der Waals surface area contributed by atoms with E-state index < -0.39 is 0 Å². The summed E-state index contributed by atoms with van der Waals surface area (Å²) in [6, 6.07) is 0. The van der Waals surface area contributed by atoms with Gasteiger partial charge in [-0.3, -0.25) is 4.79 Å². The zero-order valence-electron chi connectivity index (χ0n) is 18.0. The molecular weight excluding hydrogens is 330 g/mol. The molecule has 0 aromatic rings. The fraction of sp³-hybridized carbons (Fsp3) is 0.960. The van der Waals surface area contributed by atoms with E-state index in [2.05, 4.69) is 25.8 Å². The van der Waals surface area contributed by atoms with Crippen LogP contribution in [-0.4, -0.2) is 30.8 Å². The largest absolute Gasteiger partial charge is 0.306 e. The van der Waals surface area contributed by atoms with Gasteiger partial charge in [0.25, 0.3) is 0 Å². The Hall–Kier alpha value is -0.370. The molecule has 0 spiro atoms. The Bertz CT molecular complexity index is 595. The number of hydrogen-bond donors (Lipinski definition) is 0. The molecule has 0 aromatic heterocycles. The van der Waals surface area contributed by atoms with Crippen molar-refractivity contribution in [3.8, 4) is 0 Å². The van der Waals surface area contributed by atoms with Gasteiger partial charge in [-0.15, -0.1) is 0 Å². The number of carbonyl (C=O) groups is 1. The Morgan fingerprint density at radius 2 is 1.70 bits per heavy atom. The van der Waals surface area contributed by atoms with Crippen molar-refractivity contribution in [2.24, 2.45) is 46.3 Å². The van der Waals surface area contributed by atoms with Crippen LogP contribution in [-0.2, 0) is 4.79 Å². The van der Waals surface area contributed by atoms with Crippen LogP contribution in [0.5, 0.6) is 0 Å². The predicted octanol–water partition coefficient (Wildman–Crippen LogP) is 5.56. The summed E-state index contributed by atoms with van der Waals surface area (Å²) < 4.78 is 0. The van der Waals surface area contributed by atoms with Gasteiger partial charge in [0.1, 0.15) is 5.78 Å². The first kappa shape index (κ1) is 18.6. The van der Waals surface area contributed by atoms with Crippen molar-refractivity contribution in [2.45, 2.75) is 84.5 Å². The van der Waals surface area contributed by atoms with Crippen molar-refractivity contribution < 1.29 is 4.79 Å². The van der Waals surface area contributed by atoms with Crippen LogP contribution in [0.3, 0.4) is 0 Å². The first-order valence-electron chi connectivity index (χ1n) is 12.1. The maximum Gasteiger partial charge on any atom is 0.139 e. The molecule has 0 bridgehead atoms. The van der Waals surface area contributed by atoms with Gasteiger partial charge in [-0.1, -0.05) is 20.3 Å². The molecule has 27 heavy (non-hydrogen) atoms. The van der Waals surface area contributed by atoms with E-state index in [4.69, 9.17) is 0 Å². The van der Waals surface area contributed by atoms with Crippen LogP contribution in [0.15, 0.2) is 0 Å². The summed E-state index contributed by atoms with van der Waals surface area (Å²) in [5.41, 5.74) is 0.639. The average molecular weight is 372 g/mol. The number of Topliss-reactive ketones (excluding diaryl/α,β-unsaturated/α-hetero) is 1. The summed E-state index contributed by atoms with van der Waals surface area (Å²) in [5.74, 6) is 6.07. The molecule has 0 aromatic carbocycles. The SMILES string of the molecule is CN1CC(CCC2CC[C@@]3(C)C(CCC4C3CC[C@]3(C)C(=O)CCC43)C2)C1. The topological polar surface area (TPSA) is 20.3 Å². The highest BCUT2D eigenvalue weighted by Gasteiger charge is 2.60. The molecule has 2 nitrogen and oxygen atoms in total. The number of likely N-dealkylation sites (tertiary alicyclic amines) is 1. The molecule has 7 atom stereocenters. The summed E-state index contributed by atoms with van der Waals surface area (Å²) in [6.07, 6.45) is 15.0. The van der Waals surface area contributed by atoms with Crippen molar-refractivity contribution in [3.63, 3.8) is 0 Å². The fourth-order valence-corrected chi connectivity index (χ4v) is 8.86. The molecule has 1 saturated heterocycles. The highest BCUT2D eigenvalue weighted by atomic mass is 16.1. The quantitative estimate of drug-likeness (QED) is 0.647. The van der Waals surface area contributed by atoms with E-state index in [-0.39, 0.29) is 5.41 Å². The molecule has 1 aliphatic heterocycles. The molecule has 0 N–H and O–H groups in total. The van der Waals surface area contributed by atoms with Gasteiger partial charge in [-0.05, 0) is 106 Å². The number of fused-ring (bicyclic) bond motifs is 5. The predicted molar refractivity (Wildman–Crippen MR) is 110 cm³/mol. The van der Waals surface area contributed by atoms with E-state index in [0.29, 0.717) is 11.2 Å². The Balaban J connectivity index is 1.24. The number of nitrogens with zero attached hydrogens (tertiary/aromatic N) is 1. The molecule has 4 aliphatic carbocycles. The third-order valence-corrected chi connectivity index (χ3v) is 10.6. The minimum atomic E-state index is 0.0531. The van der Waals surface area contributed by atoms with Crippen LogP contribution in [0, 0.1) is 46.3 Å². The Morgan fingerprint density at radius 3 is 2.48 bits per heavy atom. The van der Waals surface area contributed by atoms with Crippen LogP contribution in [0.1, 0.15) is 84.5 Å². The molecule has 5 fully saturated rings. The monoisotopic (exact) mass is 371 g/mol. The van der Waals surface area contributed by atoms with Crippen molar-refractivity contribution >= 4 is 5.78 Å². The van der Waals surface area contributed by atoms with Crippen LogP contribution in [0.25, 0.3) is 0 Å². The lowest BCUT2D eigenvalue weighted by molar-refractivity contribution is -0.140. The van der Waals surface area contributed by atoms with Crippen LogP contribution >= 0.6 is 0 Å². The van der Waals surface area contributed by atoms with E-state index in [1.807, 2.05) is 0 Å². The highest BCUT2D eigenvalue weighted by Crippen LogP contribution is 2.66. The summed E-state index contributed by atoms with van der Waals surface area (Å²) in [5, 5.41) is 0. The Labute approximate surface area is 166 Å². The van der Waals surface area contributed by atoms with E-state index in [1.54, 1.807) is 0 Å². The molecule has 2 heteroatoms. The minimum Gasteiger partial charge on any atom is -0.306 e. The zero-order chi connectivity index (χ0) is 18.8. The molecule has 5 aliphatic rings. The van der Waals surface area contributed by atoms with Gasteiger partial charge < -0.3 is 4.90 Å². The molecule has 1 heterocycles. The summed E-state index contributed by atoms with van der Waals surface area (Å²) in [6.45, 7) is 7.68. The molecule has 152 valence electrons. The average Bonchev–Trinajstić information content (AvgIpc) is 2.93. The minimum absolute atomic E-state index is 0.0531. The standard InChI is InChI=1S/C25H41NO/c1-24-12-10-17(4-5-18-15-26(3)16-18)14-19(24)6-7-20-21-8-9-23(27)25(21,2)13-11-22(20)24/h17-22H,4-16H2,1-3H3/t17?,19?,20?,21?,22?,24-,25-/m0/s1. The summed E-state index contributed by atoms with van der Waals surface area (Å²) in [4.78, 5) is 15.1. The fourth-order valence-electron chi connectivity index (χ4n) is 8.86. The molecule has 0 amide bonds. The summed E-state index contributed by atoms with van der Waals surface area (Å²) >= 11 is 0. The normalized spacial score (nSPS) is 50.6. The van der Waals surface area contributed by atoms with Crippen LogP contribution in [0.2, 0.25) is 0 Å². The van der Waals surface area contributed by atoms with Crippen molar-refractivity contribution in [2.75, 3.05) is 20.1 Å². The lowest BCUT2D eigenvalue weighted by Crippen LogP contribution is -2.53. The summed E-state index contributed by atoms with van der Waals surface area (Å²) in [7, 11) is 2.26. The van der Waals surface area contributed by atoms with Gasteiger partial charge in [0, 0.05) is 24.9 Å². The van der Waals surface area contributed by atoms with Crippen LogP contribution < -0.4 is 0 Å². The smallest absolute Gasteiger partial charge is 0.139 e. The van der Waals surface area contributed by atoms with Gasteiger partial charge in [0.2, 0.25) is 0 Å². The highest BCUT2D eigenvalue weighted by molar-refractivity contribution is 5.87. The maximum absolute atomic E-state index is 12.6. The van der Waals surface area contributed by atoms with E-state index in [9.17, 15) is 4.79 Å². The third kappa shape index (κ3) is 2.87. The second-order valence-corrected chi connectivity index (χ2v) is 11.9. The first-order chi connectivity index (χ1) is 12.9. The molecule has 5 unspecified atom stereocenters. The number of rotatable bonds is 3. The first-order valence-corrected chi connectivity index (χ1v) is 12.1. The van der Waals surface area contributed by atoms with Gasteiger partial charge in [0.15, 0.2) is 0 Å². The van der Waals surface area contributed by atoms with Crippen LogP contribution in [0.4, 0.5) is 0 Å². The lowest BCUT2D eigenvalue weighted by Gasteiger charge is -2.60. The number of ketones is 1.